The number of aryl methyl sites for hydroxylation is 1. The molecule has 1 aliphatic heterocycles. The predicted molar refractivity (Wildman–Crippen MR) is 119 cm³/mol. The van der Waals surface area contributed by atoms with Gasteiger partial charge in [0, 0.05) is 18.2 Å². The third-order valence-electron chi connectivity index (χ3n) is 6.35. The molecule has 1 saturated heterocycles. The first-order valence-electron chi connectivity index (χ1n) is 10.9. The molecule has 1 atom stereocenters. The Kier molecular flexibility index (Phi) is 8.34. The van der Waals surface area contributed by atoms with Gasteiger partial charge in [0.15, 0.2) is 0 Å². The molecule has 1 aromatic carbocycles. The fourth-order valence-electron chi connectivity index (χ4n) is 4.10. The average Bonchev–Trinajstić information content (AvgIpc) is 2.67. The van der Waals surface area contributed by atoms with E-state index in [1.807, 2.05) is 7.05 Å². The zero-order valence-corrected chi connectivity index (χ0v) is 18.5. The fraction of sp³-hybridized carbons (Fsp3) is 0.708. The third-order valence-corrected chi connectivity index (χ3v) is 6.35. The topological polar surface area (TPSA) is 36.4 Å². The molecule has 27 heavy (non-hydrogen) atoms. The number of aliphatic imine (C=N–C) groups is 1. The Labute approximate surface area is 167 Å². The van der Waals surface area contributed by atoms with Gasteiger partial charge in [-0.15, -0.1) is 0 Å². The van der Waals surface area contributed by atoms with Crippen LogP contribution in [0.3, 0.4) is 0 Å². The summed E-state index contributed by atoms with van der Waals surface area (Å²) in [7, 11) is 1.91. The van der Waals surface area contributed by atoms with Crippen LogP contribution in [0.1, 0.15) is 88.8 Å². The summed E-state index contributed by atoms with van der Waals surface area (Å²) in [4.78, 5) is 4.65. The second-order valence-corrected chi connectivity index (χ2v) is 9.00. The van der Waals surface area contributed by atoms with Crippen molar-refractivity contribution in [3.63, 3.8) is 0 Å². The summed E-state index contributed by atoms with van der Waals surface area (Å²) in [5.74, 6) is 2.53. The first kappa shape index (κ1) is 21.9. The molecule has 1 aromatic rings. The minimum atomic E-state index is 0.0483. The summed E-state index contributed by atoms with van der Waals surface area (Å²) >= 11 is 0. The quantitative estimate of drug-likeness (QED) is 0.472. The van der Waals surface area contributed by atoms with Crippen molar-refractivity contribution in [2.75, 3.05) is 20.1 Å². The van der Waals surface area contributed by atoms with Gasteiger partial charge in [-0.3, -0.25) is 4.99 Å². The normalized spacial score (nSPS) is 17.8. The Bertz CT molecular complexity index is 612. The Balaban J connectivity index is 2.10. The number of piperidine rings is 1. The van der Waals surface area contributed by atoms with Crippen molar-refractivity contribution in [2.24, 2.45) is 10.9 Å². The van der Waals surface area contributed by atoms with Crippen LogP contribution in [0, 0.1) is 12.8 Å². The van der Waals surface area contributed by atoms with E-state index < -0.39 is 0 Å². The second-order valence-electron chi connectivity index (χ2n) is 9.00. The Morgan fingerprint density at radius 1 is 1.30 bits per heavy atom. The first-order chi connectivity index (χ1) is 12.9. The van der Waals surface area contributed by atoms with Crippen molar-refractivity contribution in [3.8, 4) is 0 Å². The Hall–Kier alpha value is -1.35. The van der Waals surface area contributed by atoms with Gasteiger partial charge in [-0.25, -0.2) is 0 Å². The highest BCUT2D eigenvalue weighted by Crippen LogP contribution is 2.29. The Morgan fingerprint density at radius 2 is 2.00 bits per heavy atom. The number of benzene rings is 1. The van der Waals surface area contributed by atoms with Crippen LogP contribution in [-0.4, -0.2) is 31.5 Å². The largest absolute Gasteiger partial charge is 0.365 e. The molecule has 3 nitrogen and oxygen atoms in total. The molecule has 0 spiro atoms. The van der Waals surface area contributed by atoms with Gasteiger partial charge >= 0.3 is 0 Å². The molecule has 0 amide bonds. The lowest BCUT2D eigenvalue weighted by atomic mass is 9.86. The maximum atomic E-state index is 4.65. The number of hydrogen-bond donors (Lipinski definition) is 2. The molecule has 2 rings (SSSR count). The van der Waals surface area contributed by atoms with Crippen LogP contribution in [0.2, 0.25) is 0 Å². The van der Waals surface area contributed by atoms with Crippen molar-refractivity contribution in [1.29, 1.82) is 0 Å². The van der Waals surface area contributed by atoms with Crippen molar-refractivity contribution >= 4 is 5.84 Å². The van der Waals surface area contributed by atoms with Crippen LogP contribution in [0.4, 0.5) is 0 Å². The van der Waals surface area contributed by atoms with Crippen molar-refractivity contribution in [3.05, 3.63) is 34.9 Å². The zero-order chi connectivity index (χ0) is 19.9. The zero-order valence-electron chi connectivity index (χ0n) is 18.5. The lowest BCUT2D eigenvalue weighted by Crippen LogP contribution is -2.43. The van der Waals surface area contributed by atoms with E-state index in [2.05, 4.69) is 68.4 Å². The SMILES string of the molecule is CCC(C)(C)NC(=NC)c1c(C)cccc1C(C)CCCC1CCNCC1. The van der Waals surface area contributed by atoms with E-state index >= 15 is 0 Å². The summed E-state index contributed by atoms with van der Waals surface area (Å²) in [6, 6.07) is 6.73. The monoisotopic (exact) mass is 371 g/mol. The van der Waals surface area contributed by atoms with E-state index in [-0.39, 0.29) is 5.54 Å². The summed E-state index contributed by atoms with van der Waals surface area (Å²) in [5.41, 5.74) is 4.13. The van der Waals surface area contributed by atoms with E-state index in [4.69, 9.17) is 0 Å². The van der Waals surface area contributed by atoms with Gasteiger partial charge in [0.25, 0.3) is 0 Å². The molecule has 0 aromatic heterocycles. The van der Waals surface area contributed by atoms with Crippen molar-refractivity contribution in [2.45, 2.75) is 84.6 Å². The van der Waals surface area contributed by atoms with Crippen LogP contribution >= 0.6 is 0 Å². The van der Waals surface area contributed by atoms with Crippen LogP contribution in [0.5, 0.6) is 0 Å². The molecular weight excluding hydrogens is 330 g/mol. The van der Waals surface area contributed by atoms with Gasteiger partial charge in [0.1, 0.15) is 5.84 Å². The third kappa shape index (κ3) is 6.34. The highest BCUT2D eigenvalue weighted by molar-refractivity contribution is 6.01. The Morgan fingerprint density at radius 3 is 2.63 bits per heavy atom. The number of nitrogens with zero attached hydrogens (tertiary/aromatic N) is 1. The predicted octanol–water partition coefficient (Wildman–Crippen LogP) is 5.42. The standard InChI is InChI=1S/C24H41N3/c1-7-24(4,5)27-23(25-6)22-19(3)11-9-13-21(22)18(2)10-8-12-20-14-16-26-17-15-20/h9,11,13,18,20,26H,7-8,10,12,14-17H2,1-6H3,(H,25,27). The lowest BCUT2D eigenvalue weighted by Gasteiger charge is -2.29. The summed E-state index contributed by atoms with van der Waals surface area (Å²) < 4.78 is 0. The molecule has 0 radical (unpaired) electrons. The minimum Gasteiger partial charge on any atom is -0.365 e. The van der Waals surface area contributed by atoms with E-state index in [1.165, 1.54) is 61.9 Å². The van der Waals surface area contributed by atoms with E-state index in [0.29, 0.717) is 5.92 Å². The smallest absolute Gasteiger partial charge is 0.128 e. The summed E-state index contributed by atoms with van der Waals surface area (Å²) in [6.45, 7) is 13.7. The van der Waals surface area contributed by atoms with Gasteiger partial charge in [-0.2, -0.15) is 0 Å². The average molecular weight is 372 g/mol. The molecule has 1 heterocycles. The van der Waals surface area contributed by atoms with Gasteiger partial charge in [0.05, 0.1) is 0 Å². The number of amidine groups is 1. The molecule has 0 bridgehead atoms. The first-order valence-corrected chi connectivity index (χ1v) is 10.9. The maximum absolute atomic E-state index is 4.65. The van der Waals surface area contributed by atoms with Gasteiger partial charge in [0.2, 0.25) is 0 Å². The van der Waals surface area contributed by atoms with E-state index in [1.54, 1.807) is 0 Å². The van der Waals surface area contributed by atoms with Crippen LogP contribution in [-0.2, 0) is 0 Å². The molecule has 152 valence electrons. The molecule has 1 fully saturated rings. The molecule has 0 aliphatic carbocycles. The van der Waals surface area contributed by atoms with Gasteiger partial charge in [-0.05, 0) is 82.5 Å². The summed E-state index contributed by atoms with van der Waals surface area (Å²) in [5, 5.41) is 7.17. The summed E-state index contributed by atoms with van der Waals surface area (Å²) in [6.07, 6.45) is 7.74. The van der Waals surface area contributed by atoms with E-state index in [9.17, 15) is 0 Å². The second kappa shape index (κ2) is 10.3. The van der Waals surface area contributed by atoms with Crippen molar-refractivity contribution in [1.82, 2.24) is 10.6 Å². The van der Waals surface area contributed by atoms with Gasteiger partial charge < -0.3 is 10.6 Å². The fourth-order valence-corrected chi connectivity index (χ4v) is 4.10. The highest BCUT2D eigenvalue weighted by atomic mass is 15.0. The minimum absolute atomic E-state index is 0.0483. The van der Waals surface area contributed by atoms with Crippen molar-refractivity contribution < 1.29 is 0 Å². The van der Waals surface area contributed by atoms with Gasteiger partial charge in [-0.1, -0.05) is 44.9 Å². The molecule has 2 N–H and O–H groups in total. The highest BCUT2D eigenvalue weighted by Gasteiger charge is 2.22. The van der Waals surface area contributed by atoms with Crippen LogP contribution < -0.4 is 10.6 Å². The number of hydrogen-bond acceptors (Lipinski definition) is 2. The van der Waals surface area contributed by atoms with Crippen LogP contribution in [0.15, 0.2) is 23.2 Å². The van der Waals surface area contributed by atoms with Crippen LogP contribution in [0.25, 0.3) is 0 Å². The van der Waals surface area contributed by atoms with E-state index in [0.717, 1.165) is 18.2 Å². The maximum Gasteiger partial charge on any atom is 0.128 e. The number of rotatable bonds is 8. The molecule has 1 aliphatic rings. The molecule has 0 saturated carbocycles. The molecule has 3 heteroatoms. The molecular formula is C24H41N3. The number of nitrogens with one attached hydrogen (secondary N) is 2. The molecule has 1 unspecified atom stereocenters. The lowest BCUT2D eigenvalue weighted by molar-refractivity contribution is 0.341.